The predicted molar refractivity (Wildman–Crippen MR) is 79.6 cm³/mol. The molecule has 6 heteroatoms. The zero-order valence-corrected chi connectivity index (χ0v) is 12.5. The van der Waals surface area contributed by atoms with Gasteiger partial charge in [0.05, 0.1) is 6.42 Å². The summed E-state index contributed by atoms with van der Waals surface area (Å²) in [4.78, 5) is 14.2. The van der Waals surface area contributed by atoms with Gasteiger partial charge in [-0.2, -0.15) is 13.2 Å². The van der Waals surface area contributed by atoms with E-state index in [-0.39, 0.29) is 18.5 Å². The van der Waals surface area contributed by atoms with Crippen LogP contribution in [-0.4, -0.2) is 42.7 Å². The molecular formula is C17H17F3N2O. The fraction of sp³-hybridized carbons (Fsp3) is 0.471. The molecule has 4 aliphatic rings. The number of carbonyl (C=O) groups excluding carboxylic acids is 1. The molecule has 4 rings (SSSR count). The number of rotatable bonds is 4. The molecule has 122 valence electrons. The monoisotopic (exact) mass is 322 g/mol. The second-order valence-electron chi connectivity index (χ2n) is 6.52. The van der Waals surface area contributed by atoms with Gasteiger partial charge in [0.2, 0.25) is 0 Å². The minimum Gasteiger partial charge on any atom is -0.348 e. The second kappa shape index (κ2) is 5.09. The topological polar surface area (TPSA) is 32.3 Å². The quantitative estimate of drug-likeness (QED) is 0.863. The Bertz CT molecular complexity index is 697. The molecule has 1 heterocycles. The van der Waals surface area contributed by atoms with Crippen molar-refractivity contribution in [2.45, 2.75) is 31.5 Å². The lowest BCUT2D eigenvalue weighted by Crippen LogP contribution is -2.38. The van der Waals surface area contributed by atoms with Crippen molar-refractivity contribution in [1.29, 1.82) is 0 Å². The van der Waals surface area contributed by atoms with E-state index in [0.29, 0.717) is 25.1 Å². The molecule has 1 atom stereocenters. The van der Waals surface area contributed by atoms with E-state index in [1.54, 1.807) is 4.90 Å². The third-order valence-corrected chi connectivity index (χ3v) is 4.83. The van der Waals surface area contributed by atoms with Crippen molar-refractivity contribution in [3.8, 4) is 0 Å². The van der Waals surface area contributed by atoms with Crippen LogP contribution in [0.25, 0.3) is 0 Å². The Labute approximate surface area is 132 Å². The smallest absolute Gasteiger partial charge is 0.348 e. The van der Waals surface area contributed by atoms with Crippen molar-refractivity contribution in [2.24, 2.45) is 0 Å². The molecule has 1 fully saturated rings. The van der Waals surface area contributed by atoms with E-state index in [4.69, 9.17) is 0 Å². The summed E-state index contributed by atoms with van der Waals surface area (Å²) >= 11 is 0. The summed E-state index contributed by atoms with van der Waals surface area (Å²) < 4.78 is 36.8. The van der Waals surface area contributed by atoms with Gasteiger partial charge in [0.15, 0.2) is 0 Å². The Morgan fingerprint density at radius 3 is 2.91 bits per heavy atom. The van der Waals surface area contributed by atoms with Crippen LogP contribution in [0.4, 0.5) is 13.2 Å². The number of carbonyl (C=O) groups is 1. The van der Waals surface area contributed by atoms with Crippen LogP contribution in [0.3, 0.4) is 0 Å². The Hall–Kier alpha value is -1.82. The number of alkyl halides is 3. The van der Waals surface area contributed by atoms with E-state index in [2.05, 4.69) is 11.4 Å². The molecule has 1 N–H and O–H groups in total. The molecule has 0 bridgehead atoms. The summed E-state index contributed by atoms with van der Waals surface area (Å²) in [7, 11) is 0. The number of nitrogens with zero attached hydrogens (tertiary/aromatic N) is 1. The molecule has 0 radical (unpaired) electrons. The lowest BCUT2D eigenvalue weighted by Gasteiger charge is -2.18. The van der Waals surface area contributed by atoms with Crippen LogP contribution >= 0.6 is 0 Å². The fourth-order valence-corrected chi connectivity index (χ4v) is 3.54. The molecule has 1 saturated heterocycles. The van der Waals surface area contributed by atoms with E-state index in [9.17, 15) is 18.0 Å². The van der Waals surface area contributed by atoms with E-state index >= 15 is 0 Å². The zero-order valence-electron chi connectivity index (χ0n) is 12.5. The molecular weight excluding hydrogens is 305 g/mol. The minimum absolute atomic E-state index is 0.00602. The van der Waals surface area contributed by atoms with Gasteiger partial charge in [-0.15, -0.1) is 0 Å². The lowest BCUT2D eigenvalue weighted by molar-refractivity contribution is -0.137. The number of halogens is 3. The number of likely N-dealkylation sites (tertiary alicyclic amines) is 1. The molecule has 0 spiro atoms. The molecule has 23 heavy (non-hydrogen) atoms. The first-order valence-corrected chi connectivity index (χ1v) is 7.87. The number of hydrogen-bond acceptors (Lipinski definition) is 2. The molecule has 3 nitrogen and oxygen atoms in total. The summed E-state index contributed by atoms with van der Waals surface area (Å²) in [5.41, 5.74) is 5.53. The summed E-state index contributed by atoms with van der Waals surface area (Å²) in [6, 6.07) is -0.0717. The third kappa shape index (κ3) is 2.87. The van der Waals surface area contributed by atoms with Gasteiger partial charge in [0.1, 0.15) is 0 Å². The van der Waals surface area contributed by atoms with Gasteiger partial charge >= 0.3 is 6.18 Å². The largest absolute Gasteiger partial charge is 0.390 e. The molecule has 0 aromatic rings. The zero-order chi connectivity index (χ0) is 16.2. The Morgan fingerprint density at radius 1 is 1.30 bits per heavy atom. The van der Waals surface area contributed by atoms with Crippen molar-refractivity contribution in [2.75, 3.05) is 19.6 Å². The molecule has 0 aromatic heterocycles. The molecule has 1 amide bonds. The maximum absolute atomic E-state index is 12.4. The van der Waals surface area contributed by atoms with Crippen LogP contribution in [-0.2, 0) is 4.79 Å². The van der Waals surface area contributed by atoms with Crippen molar-refractivity contribution in [1.82, 2.24) is 10.2 Å². The average molecular weight is 322 g/mol. The number of nitrogens with one attached hydrogen (secondary N) is 1. The van der Waals surface area contributed by atoms with E-state index in [1.165, 1.54) is 16.7 Å². The van der Waals surface area contributed by atoms with Gasteiger partial charge in [0.25, 0.3) is 5.91 Å². The predicted octanol–water partition coefficient (Wildman–Crippen LogP) is 2.64. The second-order valence-corrected chi connectivity index (χ2v) is 6.52. The number of allylic oxidation sites excluding steroid dienone is 6. The number of hydrogen-bond donors (Lipinski definition) is 1. The maximum Gasteiger partial charge on any atom is 0.390 e. The van der Waals surface area contributed by atoms with Gasteiger partial charge in [-0.25, -0.2) is 0 Å². The van der Waals surface area contributed by atoms with Crippen LogP contribution in [0.5, 0.6) is 0 Å². The van der Waals surface area contributed by atoms with Gasteiger partial charge in [-0.3, -0.25) is 4.79 Å². The highest BCUT2D eigenvalue weighted by molar-refractivity contribution is 6.03. The number of fused-ring (bicyclic) bond motifs is 2. The summed E-state index contributed by atoms with van der Waals surface area (Å²) in [6.45, 7) is 1.09. The van der Waals surface area contributed by atoms with Gasteiger partial charge in [-0.1, -0.05) is 6.08 Å². The maximum atomic E-state index is 12.4. The highest BCUT2D eigenvalue weighted by Gasteiger charge is 2.37. The Balaban J connectivity index is 1.29. The summed E-state index contributed by atoms with van der Waals surface area (Å²) in [5, 5.41) is 2.97. The van der Waals surface area contributed by atoms with E-state index < -0.39 is 12.6 Å². The van der Waals surface area contributed by atoms with Crippen LogP contribution in [0.15, 0.2) is 46.1 Å². The van der Waals surface area contributed by atoms with Gasteiger partial charge < -0.3 is 10.2 Å². The molecule has 1 aliphatic heterocycles. The highest BCUT2D eigenvalue weighted by Crippen LogP contribution is 2.51. The molecule has 3 aliphatic carbocycles. The van der Waals surface area contributed by atoms with Crippen molar-refractivity contribution in [3.05, 3.63) is 46.1 Å². The number of amides is 1. The molecule has 0 saturated carbocycles. The SMILES string of the molecule is O=C(N[C@@H]1CCN(CCC(F)(F)F)C1)C1=CC=C2C1=CC1=C2C1. The molecule has 0 unspecified atom stereocenters. The Kier molecular flexibility index (Phi) is 3.27. The minimum atomic E-state index is -4.12. The van der Waals surface area contributed by atoms with Gasteiger partial charge in [0, 0.05) is 31.2 Å². The van der Waals surface area contributed by atoms with Crippen LogP contribution < -0.4 is 5.32 Å². The highest BCUT2D eigenvalue weighted by atomic mass is 19.4. The van der Waals surface area contributed by atoms with Gasteiger partial charge in [-0.05, 0) is 47.3 Å². The molecule has 0 aromatic carbocycles. The summed E-state index contributed by atoms with van der Waals surface area (Å²) in [6.07, 6.45) is 2.72. The Morgan fingerprint density at radius 2 is 2.13 bits per heavy atom. The first-order valence-electron chi connectivity index (χ1n) is 7.87. The standard InChI is InChI=1S/C17H17F3N2O/c18-17(19,20)4-6-22-5-3-11(9-22)21-16(23)13-2-1-12-14-7-10(14)8-15(12)13/h1-2,8,11H,3-7,9H2,(H,21,23)/t11-/m1/s1. The first-order chi connectivity index (χ1) is 10.9. The van der Waals surface area contributed by atoms with Crippen LogP contribution in [0.1, 0.15) is 19.3 Å². The van der Waals surface area contributed by atoms with Crippen molar-refractivity contribution >= 4 is 5.91 Å². The first kappa shape index (κ1) is 14.8. The normalized spacial score (nSPS) is 25.9. The van der Waals surface area contributed by atoms with E-state index in [0.717, 1.165) is 12.0 Å². The summed E-state index contributed by atoms with van der Waals surface area (Å²) in [5.74, 6) is -0.118. The third-order valence-electron chi connectivity index (χ3n) is 4.83. The van der Waals surface area contributed by atoms with Crippen molar-refractivity contribution < 1.29 is 18.0 Å². The lowest BCUT2D eigenvalue weighted by atomic mass is 10.0. The fourth-order valence-electron chi connectivity index (χ4n) is 3.54. The van der Waals surface area contributed by atoms with Crippen molar-refractivity contribution in [3.63, 3.8) is 0 Å². The average Bonchev–Trinajstić information content (AvgIpc) is 2.86. The van der Waals surface area contributed by atoms with Crippen LogP contribution in [0.2, 0.25) is 0 Å². The van der Waals surface area contributed by atoms with Crippen LogP contribution in [0, 0.1) is 0 Å². The van der Waals surface area contributed by atoms with E-state index in [1.807, 2.05) is 12.2 Å².